The molecule has 0 unspecified atom stereocenters. The third-order valence-electron chi connectivity index (χ3n) is 6.93. The predicted molar refractivity (Wildman–Crippen MR) is 180 cm³/mol. The molecule has 234 valence electrons. The molecule has 0 aliphatic carbocycles. The highest BCUT2D eigenvalue weighted by Gasteiger charge is 2.28. The van der Waals surface area contributed by atoms with Crippen LogP contribution in [-0.2, 0) is 25.7 Å². The lowest BCUT2D eigenvalue weighted by atomic mass is 9.89. The minimum atomic E-state index is -4.45. The van der Waals surface area contributed by atoms with E-state index in [0.29, 0.717) is 30.3 Å². The molecule has 0 spiro atoms. The summed E-state index contributed by atoms with van der Waals surface area (Å²) in [6.45, 7) is 16.3. The minimum Gasteiger partial charge on any atom is -0.744 e. The Hall–Kier alpha value is -3.52. The summed E-state index contributed by atoms with van der Waals surface area (Å²) >= 11 is 0. The number of ether oxygens (including phenoxy) is 2. The Kier molecular flexibility index (Phi) is 13.1. The lowest BCUT2D eigenvalue weighted by molar-refractivity contribution is 0.179. The maximum atomic E-state index is 11.6. The Morgan fingerprint density at radius 3 is 1.55 bits per heavy atom. The Morgan fingerprint density at radius 1 is 0.705 bits per heavy atom. The van der Waals surface area contributed by atoms with Gasteiger partial charge in [-0.05, 0) is 83.0 Å². The molecule has 0 fully saturated rings. The summed E-state index contributed by atoms with van der Waals surface area (Å²) in [7, 11) is -4.57. The van der Waals surface area contributed by atoms with E-state index in [2.05, 4.69) is 93.2 Å². The van der Waals surface area contributed by atoms with Crippen molar-refractivity contribution in [3.63, 3.8) is 0 Å². The summed E-state index contributed by atoms with van der Waals surface area (Å²) in [5.74, 6) is 1.17. The molecule has 0 heterocycles. The van der Waals surface area contributed by atoms with Gasteiger partial charge in [-0.25, -0.2) is 8.42 Å². The van der Waals surface area contributed by atoms with Gasteiger partial charge in [-0.2, -0.15) is 0 Å². The molecule has 0 bridgehead atoms. The van der Waals surface area contributed by atoms with E-state index in [1.54, 1.807) is 0 Å². The van der Waals surface area contributed by atoms with Crippen LogP contribution in [0.5, 0.6) is 5.75 Å². The average Bonchev–Trinajstić information content (AvgIpc) is 3.00. The number of rotatable bonds is 12. The molecule has 0 radical (unpaired) electrons. The highest BCUT2D eigenvalue weighted by molar-refractivity contribution is 7.97. The van der Waals surface area contributed by atoms with Gasteiger partial charge >= 0.3 is 0 Å². The van der Waals surface area contributed by atoms with Gasteiger partial charge in [0, 0.05) is 0 Å². The van der Waals surface area contributed by atoms with E-state index >= 15 is 0 Å². The third kappa shape index (κ3) is 9.74. The largest absolute Gasteiger partial charge is 0.744 e. The van der Waals surface area contributed by atoms with Crippen molar-refractivity contribution in [1.82, 2.24) is 0 Å². The van der Waals surface area contributed by atoms with E-state index in [1.165, 1.54) is 20.9 Å². The lowest BCUT2D eigenvalue weighted by Gasteiger charge is -2.24. The molecule has 7 heteroatoms. The molecule has 0 N–H and O–H groups in total. The molecule has 0 saturated carbocycles. The Labute approximate surface area is 267 Å². The summed E-state index contributed by atoms with van der Waals surface area (Å²) in [4.78, 5) is 3.87. The monoisotopic (exact) mass is 632 g/mol. The van der Waals surface area contributed by atoms with Crippen LogP contribution >= 0.6 is 0 Å². The van der Waals surface area contributed by atoms with Crippen LogP contribution in [-0.4, -0.2) is 26.2 Å². The van der Waals surface area contributed by atoms with Gasteiger partial charge in [0.15, 0.2) is 14.7 Å². The van der Waals surface area contributed by atoms with Crippen molar-refractivity contribution in [3.05, 3.63) is 127 Å². The van der Waals surface area contributed by atoms with Gasteiger partial charge in [0.05, 0.1) is 22.1 Å². The molecule has 0 aromatic heterocycles. The van der Waals surface area contributed by atoms with Gasteiger partial charge in [0.2, 0.25) is 0 Å². The summed E-state index contributed by atoms with van der Waals surface area (Å²) < 4.78 is 45.6. The van der Waals surface area contributed by atoms with Crippen LogP contribution in [0.4, 0.5) is 0 Å². The molecule has 5 nitrogen and oxygen atoms in total. The van der Waals surface area contributed by atoms with E-state index in [1.807, 2.05) is 52.0 Å². The zero-order valence-corrected chi connectivity index (χ0v) is 28.2. The molecule has 4 aromatic carbocycles. The maximum Gasteiger partial charge on any atom is 0.166 e. The van der Waals surface area contributed by atoms with Crippen LogP contribution in [0.3, 0.4) is 0 Å². The van der Waals surface area contributed by atoms with Crippen LogP contribution < -0.4 is 4.74 Å². The van der Waals surface area contributed by atoms with E-state index in [-0.39, 0.29) is 27.6 Å². The molecular formula is C37H44O5S2. The smallest absolute Gasteiger partial charge is 0.166 e. The second-order valence-corrected chi connectivity index (χ2v) is 14.6. The SMILES string of the molecule is C=COCCOc1ccc([S+](c2ccccc2)c2ccccc2)cc1.CC(C)c1cc(C(C)C)c(S(=O)(=O)[O-])c(C(C)C)c1. The topological polar surface area (TPSA) is 75.7 Å². The fourth-order valence-corrected chi connectivity index (χ4v) is 7.91. The van der Waals surface area contributed by atoms with Gasteiger partial charge in [-0.3, -0.25) is 0 Å². The van der Waals surface area contributed by atoms with Crippen molar-refractivity contribution < 1.29 is 22.4 Å². The molecule has 4 aromatic rings. The van der Waals surface area contributed by atoms with Gasteiger partial charge in [0.1, 0.15) is 29.1 Å². The minimum absolute atomic E-state index is 0.00919. The van der Waals surface area contributed by atoms with Gasteiger partial charge in [-0.15, -0.1) is 0 Å². The van der Waals surface area contributed by atoms with Crippen molar-refractivity contribution in [2.75, 3.05) is 13.2 Å². The Balaban J connectivity index is 0.000000251. The maximum absolute atomic E-state index is 11.6. The highest BCUT2D eigenvalue weighted by atomic mass is 32.2. The first kappa shape index (κ1) is 35.0. The van der Waals surface area contributed by atoms with Crippen LogP contribution in [0.25, 0.3) is 0 Å². The fraction of sp³-hybridized carbons (Fsp3) is 0.297. The van der Waals surface area contributed by atoms with Gasteiger partial charge in [-0.1, -0.05) is 96.7 Å². The predicted octanol–water partition coefficient (Wildman–Crippen LogP) is 9.28. The van der Waals surface area contributed by atoms with Crippen molar-refractivity contribution in [3.8, 4) is 5.75 Å². The molecule has 0 aliphatic heterocycles. The number of hydrogen-bond acceptors (Lipinski definition) is 5. The summed E-state index contributed by atoms with van der Waals surface area (Å²) in [5.41, 5.74) is 2.37. The van der Waals surface area contributed by atoms with Crippen molar-refractivity contribution >= 4 is 21.0 Å². The standard InChI is InChI=1S/C22H21O2S.C15H24O3S/c1-2-23-17-18-24-19-13-15-22(16-14-19)25(20-9-5-3-6-10-20)21-11-7-4-8-12-21;1-9(2)12-7-13(10(3)4)15(19(16,17)18)14(8-12)11(5)6/h2-16H,1,17-18H2;7-11H,1-6H3,(H,16,17,18)/q+1;/p-1. The Bertz CT molecular complexity index is 1500. The second kappa shape index (κ2) is 16.5. The summed E-state index contributed by atoms with van der Waals surface area (Å²) in [6, 6.07) is 33.3. The molecule has 0 amide bonds. The Morgan fingerprint density at radius 2 is 1.16 bits per heavy atom. The molecule has 0 saturated heterocycles. The van der Waals surface area contributed by atoms with Gasteiger partial charge in [0.25, 0.3) is 0 Å². The molecule has 0 aliphatic rings. The highest BCUT2D eigenvalue weighted by Crippen LogP contribution is 2.35. The molecule has 4 rings (SSSR count). The first-order valence-electron chi connectivity index (χ1n) is 14.9. The molecule has 44 heavy (non-hydrogen) atoms. The normalized spacial score (nSPS) is 11.4. The van der Waals surface area contributed by atoms with Crippen molar-refractivity contribution in [2.24, 2.45) is 0 Å². The van der Waals surface area contributed by atoms with E-state index in [0.717, 1.165) is 11.3 Å². The van der Waals surface area contributed by atoms with E-state index in [4.69, 9.17) is 9.47 Å². The quantitative estimate of drug-likeness (QED) is 0.0673. The van der Waals surface area contributed by atoms with E-state index < -0.39 is 10.1 Å². The summed E-state index contributed by atoms with van der Waals surface area (Å²) in [6.07, 6.45) is 1.43. The van der Waals surface area contributed by atoms with Crippen molar-refractivity contribution in [1.29, 1.82) is 0 Å². The van der Waals surface area contributed by atoms with Crippen LogP contribution in [0.2, 0.25) is 0 Å². The third-order valence-corrected chi connectivity index (χ3v) is 10.1. The first-order chi connectivity index (χ1) is 20.9. The summed E-state index contributed by atoms with van der Waals surface area (Å²) in [5, 5.41) is 0. The number of benzene rings is 4. The van der Waals surface area contributed by atoms with Crippen LogP contribution in [0, 0.1) is 0 Å². The zero-order chi connectivity index (χ0) is 32.3. The van der Waals surface area contributed by atoms with Gasteiger partial charge < -0.3 is 14.0 Å². The number of hydrogen-bond donors (Lipinski definition) is 0. The molecule has 0 atom stereocenters. The lowest BCUT2D eigenvalue weighted by Crippen LogP contribution is -2.11. The van der Waals surface area contributed by atoms with Crippen LogP contribution in [0.15, 0.2) is 129 Å². The van der Waals surface area contributed by atoms with Crippen LogP contribution in [0.1, 0.15) is 76.0 Å². The van der Waals surface area contributed by atoms with E-state index in [9.17, 15) is 13.0 Å². The average molecular weight is 633 g/mol. The zero-order valence-electron chi connectivity index (χ0n) is 26.5. The molecular weight excluding hydrogens is 589 g/mol. The first-order valence-corrected chi connectivity index (χ1v) is 17.5. The fourth-order valence-electron chi connectivity index (χ4n) is 4.66. The second-order valence-electron chi connectivity index (χ2n) is 11.2. The van der Waals surface area contributed by atoms with Crippen molar-refractivity contribution in [2.45, 2.75) is 78.9 Å².